The first kappa shape index (κ1) is 12.2. The number of hydrogen-bond acceptors (Lipinski definition) is 1. The van der Waals surface area contributed by atoms with Crippen LogP contribution in [-0.2, 0) is 0 Å². The average molecular weight is 141 g/mol. The molecular weight excluding hydrogens is 122 g/mol. The van der Waals surface area contributed by atoms with Gasteiger partial charge in [-0.25, -0.2) is 5.26 Å². The molecule has 0 atom stereocenters. The molecule has 0 bridgehead atoms. The third kappa shape index (κ3) is 15.6. The van der Waals surface area contributed by atoms with Crippen molar-refractivity contribution in [2.24, 2.45) is 0 Å². The molecule has 0 radical (unpaired) electrons. The van der Waals surface area contributed by atoms with Gasteiger partial charge in [0, 0.05) is 6.57 Å². The van der Waals surface area contributed by atoms with Crippen LogP contribution in [0.25, 0.3) is 0 Å². The van der Waals surface area contributed by atoms with Crippen molar-refractivity contribution in [1.82, 2.24) is 0 Å². The molecule has 0 aliphatic carbocycles. The predicted octanol–water partition coefficient (Wildman–Crippen LogP) is 3.51. The Kier molecular flexibility index (Phi) is 19.3. The third-order valence-electron chi connectivity index (χ3n) is 1.46. The van der Waals surface area contributed by atoms with Crippen molar-refractivity contribution in [2.75, 3.05) is 0 Å². The molecular formula is C9H19N. The molecule has 0 aliphatic heterocycles. The molecule has 0 amide bonds. The monoisotopic (exact) mass is 141 g/mol. The van der Waals surface area contributed by atoms with Crippen LogP contribution in [0.5, 0.6) is 0 Å². The van der Waals surface area contributed by atoms with Gasteiger partial charge in [0.2, 0.25) is 0 Å². The summed E-state index contributed by atoms with van der Waals surface area (Å²) in [7, 11) is 0. The number of nitriles is 1. The molecule has 0 rings (SSSR count). The summed E-state index contributed by atoms with van der Waals surface area (Å²) in [5.74, 6) is 0. The summed E-state index contributed by atoms with van der Waals surface area (Å²) >= 11 is 0. The Balaban J connectivity index is 0. The summed E-state index contributed by atoms with van der Waals surface area (Å²) in [6, 6.07) is 0. The van der Waals surface area contributed by atoms with E-state index in [4.69, 9.17) is 5.26 Å². The molecule has 0 fully saturated rings. The van der Waals surface area contributed by atoms with Crippen LogP contribution in [0.3, 0.4) is 0 Å². The summed E-state index contributed by atoms with van der Waals surface area (Å²) in [6.07, 6.45) is 8.49. The van der Waals surface area contributed by atoms with E-state index in [1.165, 1.54) is 38.5 Å². The van der Waals surface area contributed by atoms with E-state index < -0.39 is 0 Å². The normalized spacial score (nSPS) is 8.00. The van der Waals surface area contributed by atoms with Gasteiger partial charge in [-0.05, 0) is 0 Å². The molecule has 0 saturated carbocycles. The van der Waals surface area contributed by atoms with Crippen molar-refractivity contribution in [3.8, 4) is 6.57 Å². The summed E-state index contributed by atoms with van der Waals surface area (Å²) in [6.45, 7) is 8.01. The minimum atomic E-state index is 1.36. The number of nitrogens with zero attached hydrogens (tertiary/aromatic N) is 1. The van der Waals surface area contributed by atoms with E-state index in [-0.39, 0.29) is 0 Å². The number of unbranched alkanes of at least 4 members (excludes halogenated alkanes) is 5. The van der Waals surface area contributed by atoms with E-state index >= 15 is 0 Å². The Morgan fingerprint density at radius 2 is 1.10 bits per heavy atom. The number of rotatable bonds is 5. The van der Waals surface area contributed by atoms with Crippen LogP contribution < -0.4 is 0 Å². The van der Waals surface area contributed by atoms with E-state index in [2.05, 4.69) is 20.4 Å². The molecule has 0 heterocycles. The molecule has 0 unspecified atom stereocenters. The maximum absolute atomic E-state index is 6.50. The third-order valence-corrected chi connectivity index (χ3v) is 1.46. The Hall–Kier alpha value is -0.510. The molecule has 0 N–H and O–H groups in total. The summed E-state index contributed by atoms with van der Waals surface area (Å²) in [5.41, 5.74) is 0. The molecule has 10 heavy (non-hydrogen) atoms. The van der Waals surface area contributed by atoms with Crippen molar-refractivity contribution in [3.05, 3.63) is 0 Å². The minimum absolute atomic E-state index is 1.36. The van der Waals surface area contributed by atoms with Crippen LogP contribution in [0.1, 0.15) is 52.4 Å². The standard InChI is InChI=1S/C8H18.CHN/c1-3-5-7-8-6-4-2;1-2/h3-8H2,1-2H3;1H. The van der Waals surface area contributed by atoms with Crippen LogP contribution in [0.4, 0.5) is 0 Å². The molecule has 60 valence electrons. The summed E-state index contributed by atoms with van der Waals surface area (Å²) in [5, 5.41) is 6.50. The zero-order valence-corrected chi connectivity index (χ0v) is 7.27. The van der Waals surface area contributed by atoms with Gasteiger partial charge in [0.15, 0.2) is 0 Å². The summed E-state index contributed by atoms with van der Waals surface area (Å²) in [4.78, 5) is 0. The fourth-order valence-electron chi connectivity index (χ4n) is 0.854. The fourth-order valence-corrected chi connectivity index (χ4v) is 0.854. The van der Waals surface area contributed by atoms with Crippen LogP contribution in [-0.4, -0.2) is 0 Å². The van der Waals surface area contributed by atoms with Crippen LogP contribution >= 0.6 is 0 Å². The maximum Gasteiger partial charge on any atom is 0.0462 e. The van der Waals surface area contributed by atoms with Gasteiger partial charge in [-0.3, -0.25) is 0 Å². The molecule has 0 saturated heterocycles. The second-order valence-electron chi connectivity index (χ2n) is 2.41. The largest absolute Gasteiger partial charge is 0.202 e. The molecule has 0 spiro atoms. The Morgan fingerprint density at radius 3 is 1.30 bits per heavy atom. The van der Waals surface area contributed by atoms with Gasteiger partial charge in [0.25, 0.3) is 0 Å². The highest BCUT2D eigenvalue weighted by molar-refractivity contribution is 4.39. The molecule has 0 aromatic carbocycles. The van der Waals surface area contributed by atoms with E-state index in [1.54, 1.807) is 0 Å². The van der Waals surface area contributed by atoms with Crippen molar-refractivity contribution in [3.63, 3.8) is 0 Å². The lowest BCUT2D eigenvalue weighted by Gasteiger charge is -1.93. The van der Waals surface area contributed by atoms with Crippen LogP contribution in [0.2, 0.25) is 0 Å². The fraction of sp³-hybridized carbons (Fsp3) is 0.889. The van der Waals surface area contributed by atoms with Gasteiger partial charge in [0.1, 0.15) is 0 Å². The summed E-state index contributed by atoms with van der Waals surface area (Å²) < 4.78 is 0. The lowest BCUT2D eigenvalue weighted by atomic mass is 10.1. The highest BCUT2D eigenvalue weighted by Crippen LogP contribution is 2.03. The van der Waals surface area contributed by atoms with E-state index in [0.717, 1.165) is 0 Å². The Morgan fingerprint density at radius 1 is 0.800 bits per heavy atom. The molecule has 0 aromatic rings. The van der Waals surface area contributed by atoms with E-state index in [1.807, 2.05) is 0 Å². The average Bonchev–Trinajstić information content (AvgIpc) is 2.02. The second kappa shape index (κ2) is 15.8. The number of hydrogen-bond donors (Lipinski definition) is 0. The highest BCUT2D eigenvalue weighted by atomic mass is 14.2. The van der Waals surface area contributed by atoms with Gasteiger partial charge in [-0.1, -0.05) is 52.4 Å². The highest BCUT2D eigenvalue weighted by Gasteiger charge is 1.83. The van der Waals surface area contributed by atoms with Gasteiger partial charge in [-0.15, -0.1) is 0 Å². The zero-order chi connectivity index (χ0) is 8.24. The first-order chi connectivity index (χ1) is 4.91. The van der Waals surface area contributed by atoms with Crippen molar-refractivity contribution < 1.29 is 0 Å². The van der Waals surface area contributed by atoms with Gasteiger partial charge >= 0.3 is 0 Å². The Labute approximate surface area is 65.1 Å². The smallest absolute Gasteiger partial charge is 0.0462 e. The van der Waals surface area contributed by atoms with E-state index in [0.29, 0.717) is 0 Å². The van der Waals surface area contributed by atoms with E-state index in [9.17, 15) is 0 Å². The van der Waals surface area contributed by atoms with Crippen LogP contribution in [0, 0.1) is 11.8 Å². The Bertz CT molecular complexity index is 51.0. The second-order valence-corrected chi connectivity index (χ2v) is 2.41. The lowest BCUT2D eigenvalue weighted by Crippen LogP contribution is -1.73. The molecule has 0 aliphatic rings. The SMILES string of the molecule is C#N.CCCCCCCC. The zero-order valence-electron chi connectivity index (χ0n) is 7.27. The topological polar surface area (TPSA) is 23.8 Å². The lowest BCUT2D eigenvalue weighted by molar-refractivity contribution is 0.624. The van der Waals surface area contributed by atoms with Gasteiger partial charge in [0.05, 0.1) is 0 Å². The maximum atomic E-state index is 6.50. The molecule has 1 heteroatoms. The van der Waals surface area contributed by atoms with Crippen molar-refractivity contribution in [2.45, 2.75) is 52.4 Å². The van der Waals surface area contributed by atoms with Gasteiger partial charge < -0.3 is 0 Å². The minimum Gasteiger partial charge on any atom is -0.202 e. The van der Waals surface area contributed by atoms with Gasteiger partial charge in [-0.2, -0.15) is 0 Å². The predicted molar refractivity (Wildman–Crippen MR) is 45.7 cm³/mol. The van der Waals surface area contributed by atoms with Crippen LogP contribution in [0.15, 0.2) is 0 Å². The van der Waals surface area contributed by atoms with Crippen molar-refractivity contribution >= 4 is 0 Å². The first-order valence-corrected chi connectivity index (χ1v) is 4.17. The first-order valence-electron chi connectivity index (χ1n) is 4.17. The molecule has 1 nitrogen and oxygen atoms in total. The molecule has 0 aromatic heterocycles. The van der Waals surface area contributed by atoms with Crippen molar-refractivity contribution in [1.29, 1.82) is 5.26 Å². The quantitative estimate of drug-likeness (QED) is 0.537.